The molecule has 1 amide bonds. The highest BCUT2D eigenvalue weighted by atomic mass is 32.2. The molecule has 0 bridgehead atoms. The molecule has 4 N–H and O–H groups in total. The van der Waals surface area contributed by atoms with Crippen molar-refractivity contribution in [3.63, 3.8) is 0 Å². The summed E-state index contributed by atoms with van der Waals surface area (Å²) in [6.07, 6.45) is 3.69. The first-order chi connectivity index (χ1) is 17.3. The SMILES string of the molecule is O=C(NCC(NS(=O)(=O)c1ccccc1)C(=O)O)c1ccc(CCc2ccc3c(n2)NCCC3)cc1. The molecule has 36 heavy (non-hydrogen) atoms. The van der Waals surface area contributed by atoms with Crippen molar-refractivity contribution in [2.45, 2.75) is 36.6 Å². The molecule has 2 heterocycles. The quantitative estimate of drug-likeness (QED) is 0.330. The molecule has 0 aliphatic carbocycles. The summed E-state index contributed by atoms with van der Waals surface area (Å²) in [5, 5.41) is 15.3. The molecule has 0 spiro atoms. The minimum atomic E-state index is -4.05. The average molecular weight is 509 g/mol. The summed E-state index contributed by atoms with van der Waals surface area (Å²) in [5.74, 6) is -0.915. The van der Waals surface area contributed by atoms with Gasteiger partial charge in [0.15, 0.2) is 0 Å². The van der Waals surface area contributed by atoms with Crippen LogP contribution >= 0.6 is 0 Å². The van der Waals surface area contributed by atoms with E-state index in [4.69, 9.17) is 4.98 Å². The van der Waals surface area contributed by atoms with Gasteiger partial charge in [0.2, 0.25) is 10.0 Å². The van der Waals surface area contributed by atoms with Gasteiger partial charge in [0.1, 0.15) is 11.9 Å². The molecule has 1 aromatic heterocycles. The topological polar surface area (TPSA) is 137 Å². The predicted molar refractivity (Wildman–Crippen MR) is 135 cm³/mol. The monoisotopic (exact) mass is 508 g/mol. The van der Waals surface area contributed by atoms with Crippen molar-refractivity contribution in [1.82, 2.24) is 15.0 Å². The highest BCUT2D eigenvalue weighted by Gasteiger charge is 2.26. The number of aliphatic carboxylic acids is 1. The number of sulfonamides is 1. The number of amides is 1. The highest BCUT2D eigenvalue weighted by Crippen LogP contribution is 2.20. The van der Waals surface area contributed by atoms with E-state index in [9.17, 15) is 23.1 Å². The van der Waals surface area contributed by atoms with E-state index in [1.54, 1.807) is 18.2 Å². The first-order valence-electron chi connectivity index (χ1n) is 11.7. The van der Waals surface area contributed by atoms with Gasteiger partial charge in [0.25, 0.3) is 5.91 Å². The molecule has 1 unspecified atom stereocenters. The predicted octanol–water partition coefficient (Wildman–Crippen LogP) is 2.39. The fraction of sp³-hybridized carbons (Fsp3) is 0.269. The number of carboxylic acids is 1. The van der Waals surface area contributed by atoms with Crippen LogP contribution in [-0.4, -0.2) is 49.5 Å². The Kier molecular flexibility index (Phi) is 7.97. The Morgan fingerprint density at radius 3 is 2.47 bits per heavy atom. The standard InChI is InChI=1S/C26H28N4O5S/c31-25(28-17-23(26(32)33)30-36(34,35)22-6-2-1-3-7-22)20-11-8-18(9-12-20)10-14-21-15-13-19-5-4-16-27-24(19)29-21/h1-3,6-9,11-13,15,23,30H,4-5,10,14,16-17H2,(H,27,29)(H,28,31)(H,32,33). The summed E-state index contributed by atoms with van der Waals surface area (Å²) in [7, 11) is -4.05. The van der Waals surface area contributed by atoms with E-state index in [2.05, 4.69) is 27.5 Å². The number of benzene rings is 2. The molecule has 0 fully saturated rings. The summed E-state index contributed by atoms with van der Waals surface area (Å²) < 4.78 is 27.0. The van der Waals surface area contributed by atoms with Gasteiger partial charge in [-0.3, -0.25) is 9.59 Å². The lowest BCUT2D eigenvalue weighted by atomic mass is 10.0. The number of hydrogen-bond donors (Lipinski definition) is 4. The molecule has 1 atom stereocenters. The fourth-order valence-corrected chi connectivity index (χ4v) is 5.14. The third kappa shape index (κ3) is 6.46. The number of aryl methyl sites for hydroxylation is 3. The third-order valence-electron chi connectivity index (χ3n) is 5.95. The Morgan fingerprint density at radius 2 is 1.75 bits per heavy atom. The van der Waals surface area contributed by atoms with Crippen molar-refractivity contribution in [1.29, 1.82) is 0 Å². The molecule has 0 radical (unpaired) electrons. The lowest BCUT2D eigenvalue weighted by Gasteiger charge is -2.17. The van der Waals surface area contributed by atoms with E-state index < -0.39 is 34.5 Å². The van der Waals surface area contributed by atoms with Crippen LogP contribution in [0.25, 0.3) is 0 Å². The molecule has 9 nitrogen and oxygen atoms in total. The number of anilines is 1. The van der Waals surface area contributed by atoms with Gasteiger partial charge in [-0.2, -0.15) is 4.72 Å². The Balaban J connectivity index is 1.31. The van der Waals surface area contributed by atoms with Gasteiger partial charge < -0.3 is 15.7 Å². The van der Waals surface area contributed by atoms with Gasteiger partial charge in [0.05, 0.1) is 4.90 Å². The normalized spacial score (nSPS) is 13.8. The number of carbonyl (C=O) groups is 2. The number of rotatable bonds is 10. The van der Waals surface area contributed by atoms with E-state index in [1.165, 1.54) is 29.8 Å². The summed E-state index contributed by atoms with van der Waals surface area (Å²) in [4.78, 5) is 28.8. The van der Waals surface area contributed by atoms with E-state index in [-0.39, 0.29) is 4.90 Å². The van der Waals surface area contributed by atoms with Crippen LogP contribution in [-0.2, 0) is 34.1 Å². The number of fused-ring (bicyclic) bond motifs is 1. The maximum Gasteiger partial charge on any atom is 0.323 e. The second kappa shape index (κ2) is 11.3. The highest BCUT2D eigenvalue weighted by molar-refractivity contribution is 7.89. The molecule has 188 valence electrons. The number of carboxylic acid groups (broad SMARTS) is 1. The molecule has 1 aliphatic heterocycles. The number of carbonyl (C=O) groups excluding carboxylic acids is 1. The van der Waals surface area contributed by atoms with Gasteiger partial charge in [-0.25, -0.2) is 13.4 Å². The fourth-order valence-electron chi connectivity index (χ4n) is 3.93. The minimum absolute atomic E-state index is 0.0555. The smallest absolute Gasteiger partial charge is 0.323 e. The number of aromatic nitrogens is 1. The van der Waals surface area contributed by atoms with Gasteiger partial charge in [-0.1, -0.05) is 36.4 Å². The van der Waals surface area contributed by atoms with Crippen LogP contribution in [0.4, 0.5) is 5.82 Å². The van der Waals surface area contributed by atoms with E-state index >= 15 is 0 Å². The Labute approximate surface area is 210 Å². The molecule has 2 aromatic carbocycles. The maximum atomic E-state index is 12.5. The zero-order valence-electron chi connectivity index (χ0n) is 19.6. The molecule has 10 heteroatoms. The van der Waals surface area contributed by atoms with Crippen LogP contribution in [0.15, 0.2) is 71.6 Å². The summed E-state index contributed by atoms with van der Waals surface area (Å²) in [6, 6.07) is 17.1. The molecule has 1 aliphatic rings. The Bertz CT molecular complexity index is 1330. The zero-order chi connectivity index (χ0) is 25.5. The largest absolute Gasteiger partial charge is 0.480 e. The van der Waals surface area contributed by atoms with Gasteiger partial charge >= 0.3 is 5.97 Å². The van der Waals surface area contributed by atoms with Gasteiger partial charge in [-0.15, -0.1) is 0 Å². The van der Waals surface area contributed by atoms with Crippen molar-refractivity contribution in [3.8, 4) is 0 Å². The van der Waals surface area contributed by atoms with E-state index in [0.29, 0.717) is 5.56 Å². The zero-order valence-corrected chi connectivity index (χ0v) is 20.4. The minimum Gasteiger partial charge on any atom is -0.480 e. The number of nitrogens with zero attached hydrogens (tertiary/aromatic N) is 1. The van der Waals surface area contributed by atoms with E-state index in [0.717, 1.165) is 49.3 Å². The van der Waals surface area contributed by atoms with Crippen LogP contribution in [0.5, 0.6) is 0 Å². The molecule has 0 saturated heterocycles. The van der Waals surface area contributed by atoms with Crippen molar-refractivity contribution < 1.29 is 23.1 Å². The lowest BCUT2D eigenvalue weighted by Crippen LogP contribution is -2.48. The maximum absolute atomic E-state index is 12.5. The summed E-state index contributed by atoms with van der Waals surface area (Å²) >= 11 is 0. The van der Waals surface area contributed by atoms with Gasteiger partial charge in [0, 0.05) is 24.3 Å². The van der Waals surface area contributed by atoms with E-state index in [1.807, 2.05) is 12.1 Å². The third-order valence-corrected chi connectivity index (χ3v) is 7.44. The molecular weight excluding hydrogens is 480 g/mol. The molecule has 3 aromatic rings. The second-order valence-electron chi connectivity index (χ2n) is 8.57. The number of pyridine rings is 1. The molecule has 0 saturated carbocycles. The molecular formula is C26H28N4O5S. The second-order valence-corrected chi connectivity index (χ2v) is 10.3. The van der Waals surface area contributed by atoms with Crippen molar-refractivity contribution in [2.24, 2.45) is 0 Å². The average Bonchev–Trinajstić information content (AvgIpc) is 2.90. The summed E-state index contributed by atoms with van der Waals surface area (Å²) in [6.45, 7) is 0.541. The van der Waals surface area contributed by atoms with Crippen molar-refractivity contribution >= 4 is 27.7 Å². The van der Waals surface area contributed by atoms with Crippen molar-refractivity contribution in [3.05, 3.63) is 89.1 Å². The summed E-state index contributed by atoms with van der Waals surface area (Å²) in [5.41, 5.74) is 3.64. The van der Waals surface area contributed by atoms with Crippen LogP contribution in [0, 0.1) is 0 Å². The Morgan fingerprint density at radius 1 is 1.00 bits per heavy atom. The Hall–Kier alpha value is -3.76. The first-order valence-corrected chi connectivity index (χ1v) is 13.2. The molecule has 4 rings (SSSR count). The van der Waals surface area contributed by atoms with Crippen LogP contribution in [0.3, 0.4) is 0 Å². The number of hydrogen-bond acceptors (Lipinski definition) is 6. The van der Waals surface area contributed by atoms with Crippen LogP contribution < -0.4 is 15.4 Å². The first kappa shape index (κ1) is 25.3. The van der Waals surface area contributed by atoms with Gasteiger partial charge in [-0.05, 0) is 67.1 Å². The lowest BCUT2D eigenvalue weighted by molar-refractivity contribution is -0.138. The van der Waals surface area contributed by atoms with Crippen LogP contribution in [0.1, 0.15) is 33.6 Å². The van der Waals surface area contributed by atoms with Crippen molar-refractivity contribution in [2.75, 3.05) is 18.4 Å². The van der Waals surface area contributed by atoms with Crippen LogP contribution in [0.2, 0.25) is 0 Å². The number of nitrogens with one attached hydrogen (secondary N) is 3.